The highest BCUT2D eigenvalue weighted by atomic mass is 79.9. The number of halogens is 1. The van der Waals surface area contributed by atoms with Crippen molar-refractivity contribution in [3.8, 4) is 0 Å². The Morgan fingerprint density at radius 3 is 2.59 bits per heavy atom. The van der Waals surface area contributed by atoms with E-state index in [1.54, 1.807) is 0 Å². The van der Waals surface area contributed by atoms with Crippen LogP contribution in [0, 0.1) is 19.3 Å². The van der Waals surface area contributed by atoms with Crippen LogP contribution in [0.2, 0.25) is 0 Å². The second-order valence-electron chi connectivity index (χ2n) is 5.40. The van der Waals surface area contributed by atoms with Crippen molar-refractivity contribution in [1.29, 1.82) is 0 Å². The monoisotopic (exact) mass is 312 g/mol. The highest BCUT2D eigenvalue weighted by molar-refractivity contribution is 9.09. The normalized spacial score (nSPS) is 18.5. The van der Waals surface area contributed by atoms with Crippen molar-refractivity contribution in [2.75, 3.05) is 11.1 Å². The second kappa shape index (κ2) is 5.79. The van der Waals surface area contributed by atoms with E-state index in [0.717, 1.165) is 5.33 Å². The molecular formula is C15H21BrS. The van der Waals surface area contributed by atoms with Gasteiger partial charge in [-0.05, 0) is 43.7 Å². The van der Waals surface area contributed by atoms with Gasteiger partial charge in [-0.3, -0.25) is 0 Å². The first-order valence-electron chi connectivity index (χ1n) is 6.41. The molecule has 0 N–H and O–H groups in total. The first-order chi connectivity index (χ1) is 8.15. The summed E-state index contributed by atoms with van der Waals surface area (Å²) in [5, 5.41) is 1.16. The summed E-state index contributed by atoms with van der Waals surface area (Å²) in [5.74, 6) is 1.27. The van der Waals surface area contributed by atoms with Crippen LogP contribution in [-0.2, 0) is 0 Å². The second-order valence-corrected chi connectivity index (χ2v) is 6.98. The zero-order chi connectivity index (χ0) is 12.3. The third-order valence-electron chi connectivity index (χ3n) is 3.83. The zero-order valence-electron chi connectivity index (χ0n) is 10.8. The van der Waals surface area contributed by atoms with Crippen LogP contribution in [0.5, 0.6) is 0 Å². The quantitative estimate of drug-likeness (QED) is 0.533. The van der Waals surface area contributed by atoms with Gasteiger partial charge in [0.25, 0.3) is 0 Å². The summed E-state index contributed by atoms with van der Waals surface area (Å²) < 4.78 is 0. The van der Waals surface area contributed by atoms with Crippen molar-refractivity contribution in [2.45, 2.75) is 44.4 Å². The molecule has 1 aromatic carbocycles. The van der Waals surface area contributed by atoms with E-state index in [9.17, 15) is 0 Å². The van der Waals surface area contributed by atoms with Crippen molar-refractivity contribution in [1.82, 2.24) is 0 Å². The molecule has 1 aliphatic carbocycles. The number of thioether (sulfide) groups is 1. The minimum atomic E-state index is 0.556. The molecule has 1 aromatic rings. The lowest BCUT2D eigenvalue weighted by molar-refractivity contribution is 0.405. The SMILES string of the molecule is Cc1ccc(C)c(SCC2(CBr)CCCC2)c1. The number of hydrogen-bond acceptors (Lipinski definition) is 1. The third-order valence-corrected chi connectivity index (χ3v) is 6.52. The molecule has 0 radical (unpaired) electrons. The molecule has 17 heavy (non-hydrogen) atoms. The summed E-state index contributed by atoms with van der Waals surface area (Å²) in [6, 6.07) is 6.78. The molecule has 1 saturated carbocycles. The minimum absolute atomic E-state index is 0.556. The van der Waals surface area contributed by atoms with Gasteiger partial charge in [-0.25, -0.2) is 0 Å². The van der Waals surface area contributed by atoms with Crippen LogP contribution >= 0.6 is 27.7 Å². The molecule has 0 bridgehead atoms. The molecule has 1 fully saturated rings. The van der Waals surface area contributed by atoms with E-state index >= 15 is 0 Å². The van der Waals surface area contributed by atoms with E-state index in [2.05, 4.69) is 59.7 Å². The maximum Gasteiger partial charge on any atom is 0.0104 e. The smallest absolute Gasteiger partial charge is 0.0104 e. The molecule has 94 valence electrons. The summed E-state index contributed by atoms with van der Waals surface area (Å²) in [5.41, 5.74) is 3.35. The highest BCUT2D eigenvalue weighted by Gasteiger charge is 2.32. The van der Waals surface area contributed by atoms with Crippen molar-refractivity contribution in [2.24, 2.45) is 5.41 Å². The fourth-order valence-corrected chi connectivity index (χ4v) is 4.97. The predicted octanol–water partition coefficient (Wildman–Crippen LogP) is 5.35. The van der Waals surface area contributed by atoms with Crippen LogP contribution in [0.4, 0.5) is 0 Å². The summed E-state index contributed by atoms with van der Waals surface area (Å²) in [7, 11) is 0. The number of alkyl halides is 1. The summed E-state index contributed by atoms with van der Waals surface area (Å²) in [4.78, 5) is 1.47. The first kappa shape index (κ1) is 13.5. The van der Waals surface area contributed by atoms with Gasteiger partial charge in [0.2, 0.25) is 0 Å². The van der Waals surface area contributed by atoms with Gasteiger partial charge in [-0.2, -0.15) is 0 Å². The molecule has 0 atom stereocenters. The van der Waals surface area contributed by atoms with Crippen molar-refractivity contribution < 1.29 is 0 Å². The number of rotatable bonds is 4. The molecule has 0 nitrogen and oxygen atoms in total. The van der Waals surface area contributed by atoms with Crippen molar-refractivity contribution in [3.05, 3.63) is 29.3 Å². The van der Waals surface area contributed by atoms with Gasteiger partial charge in [0.05, 0.1) is 0 Å². The van der Waals surface area contributed by atoms with E-state index in [-0.39, 0.29) is 0 Å². The van der Waals surface area contributed by atoms with Crippen molar-refractivity contribution in [3.63, 3.8) is 0 Å². The predicted molar refractivity (Wildman–Crippen MR) is 81.3 cm³/mol. The number of aryl methyl sites for hydroxylation is 2. The van der Waals surface area contributed by atoms with Crippen LogP contribution < -0.4 is 0 Å². The number of benzene rings is 1. The van der Waals surface area contributed by atoms with E-state index < -0.39 is 0 Å². The summed E-state index contributed by atoms with van der Waals surface area (Å²) in [6.07, 6.45) is 5.63. The first-order valence-corrected chi connectivity index (χ1v) is 8.52. The van der Waals surface area contributed by atoms with Gasteiger partial charge in [0.15, 0.2) is 0 Å². The molecule has 2 heteroatoms. The maximum absolute atomic E-state index is 3.73. The lowest BCUT2D eigenvalue weighted by Crippen LogP contribution is -2.21. The van der Waals surface area contributed by atoms with Gasteiger partial charge >= 0.3 is 0 Å². The Bertz CT molecular complexity index is 381. The fraction of sp³-hybridized carbons (Fsp3) is 0.600. The highest BCUT2D eigenvalue weighted by Crippen LogP contribution is 2.43. The van der Waals surface area contributed by atoms with Crippen LogP contribution in [-0.4, -0.2) is 11.1 Å². The van der Waals surface area contributed by atoms with Crippen LogP contribution in [0.3, 0.4) is 0 Å². The Morgan fingerprint density at radius 1 is 1.24 bits per heavy atom. The van der Waals surface area contributed by atoms with Crippen molar-refractivity contribution >= 4 is 27.7 Å². The minimum Gasteiger partial charge on any atom is -0.125 e. The van der Waals surface area contributed by atoms with Crippen LogP contribution in [0.25, 0.3) is 0 Å². The van der Waals surface area contributed by atoms with Gasteiger partial charge in [-0.1, -0.05) is 46.5 Å². The Morgan fingerprint density at radius 2 is 1.94 bits per heavy atom. The largest absolute Gasteiger partial charge is 0.125 e. The fourth-order valence-electron chi connectivity index (χ4n) is 2.54. The topological polar surface area (TPSA) is 0 Å². The lowest BCUT2D eigenvalue weighted by atomic mass is 9.92. The average Bonchev–Trinajstić information content (AvgIpc) is 2.80. The lowest BCUT2D eigenvalue weighted by Gasteiger charge is -2.26. The maximum atomic E-state index is 3.73. The third kappa shape index (κ3) is 3.29. The summed E-state index contributed by atoms with van der Waals surface area (Å²) >= 11 is 5.78. The van der Waals surface area contributed by atoms with Gasteiger partial charge in [0, 0.05) is 16.0 Å². The number of hydrogen-bond donors (Lipinski definition) is 0. The standard InChI is InChI=1S/C15H21BrS/c1-12-5-6-13(2)14(9-12)17-11-15(10-16)7-3-4-8-15/h5-6,9H,3-4,7-8,10-11H2,1-2H3. The molecular weight excluding hydrogens is 292 g/mol. The molecule has 0 aromatic heterocycles. The van der Waals surface area contributed by atoms with E-state index in [1.165, 1.54) is 47.5 Å². The molecule has 0 amide bonds. The van der Waals surface area contributed by atoms with Gasteiger partial charge in [-0.15, -0.1) is 11.8 Å². The molecule has 0 unspecified atom stereocenters. The Labute approximate surface area is 118 Å². The Hall–Kier alpha value is 0.0500. The molecule has 0 saturated heterocycles. The average molecular weight is 313 g/mol. The van der Waals surface area contributed by atoms with Gasteiger partial charge < -0.3 is 0 Å². The molecule has 0 spiro atoms. The molecule has 2 rings (SSSR count). The molecule has 0 aliphatic heterocycles. The molecule has 1 aliphatic rings. The van der Waals surface area contributed by atoms with E-state index in [0.29, 0.717) is 5.41 Å². The van der Waals surface area contributed by atoms with E-state index in [4.69, 9.17) is 0 Å². The Balaban J connectivity index is 2.03. The van der Waals surface area contributed by atoms with Gasteiger partial charge in [0.1, 0.15) is 0 Å². The zero-order valence-corrected chi connectivity index (χ0v) is 13.2. The Kier molecular flexibility index (Phi) is 4.59. The van der Waals surface area contributed by atoms with E-state index in [1.807, 2.05) is 0 Å². The summed E-state index contributed by atoms with van der Waals surface area (Å²) in [6.45, 7) is 4.40. The van der Waals surface area contributed by atoms with Crippen LogP contribution in [0.15, 0.2) is 23.1 Å². The molecule has 0 heterocycles. The van der Waals surface area contributed by atoms with Crippen LogP contribution in [0.1, 0.15) is 36.8 Å².